The van der Waals surface area contributed by atoms with E-state index < -0.39 is 11.3 Å². The minimum Gasteiger partial charge on any atom is -0.369 e. The molecule has 2 rings (SSSR count). The molecule has 0 fully saturated rings. The number of carbonyl (C=O) groups excluding carboxylic acids is 1. The Hall–Kier alpha value is -1.69. The van der Waals surface area contributed by atoms with E-state index in [0.717, 1.165) is 4.47 Å². The quantitative estimate of drug-likeness (QED) is 0.933. The summed E-state index contributed by atoms with van der Waals surface area (Å²) in [5.74, 6) is -0.450. The van der Waals surface area contributed by atoms with Crippen molar-refractivity contribution >= 4 is 32.7 Å². The zero-order valence-electron chi connectivity index (χ0n) is 10.7. The fourth-order valence-electron chi connectivity index (χ4n) is 1.75. The number of amides is 1. The zero-order valence-corrected chi connectivity index (χ0v) is 12.3. The second kappa shape index (κ2) is 4.77. The highest BCUT2D eigenvalue weighted by molar-refractivity contribution is 9.10. The number of primary amides is 1. The average Bonchev–Trinajstić information content (AvgIpc) is 2.33. The van der Waals surface area contributed by atoms with Crippen LogP contribution in [-0.4, -0.2) is 15.5 Å². The topological polar surface area (TPSA) is 78.0 Å². The number of nitrogens with two attached hydrogens (primary N) is 1. The van der Waals surface area contributed by atoms with Crippen LogP contribution in [0.15, 0.2) is 33.8 Å². The summed E-state index contributed by atoms with van der Waals surface area (Å²) in [6.45, 7) is 3.61. The van der Waals surface area contributed by atoms with Gasteiger partial charge in [0.1, 0.15) is 0 Å². The molecule has 1 amide bonds. The Morgan fingerprint density at radius 2 is 2.16 bits per heavy atom. The monoisotopic (exact) mass is 323 g/mol. The van der Waals surface area contributed by atoms with Crippen LogP contribution >= 0.6 is 15.9 Å². The molecular formula is C13H14BrN3O2. The Labute approximate surface area is 118 Å². The molecule has 0 radical (unpaired) electrons. The number of benzene rings is 1. The van der Waals surface area contributed by atoms with E-state index in [9.17, 15) is 9.59 Å². The number of nitrogens with zero attached hydrogens (tertiary/aromatic N) is 2. The highest BCUT2D eigenvalue weighted by atomic mass is 79.9. The molecular weight excluding hydrogens is 310 g/mol. The summed E-state index contributed by atoms with van der Waals surface area (Å²) in [7, 11) is 0. The molecule has 1 aromatic carbocycles. The molecule has 6 heteroatoms. The van der Waals surface area contributed by atoms with E-state index in [4.69, 9.17) is 5.73 Å². The molecule has 0 atom stereocenters. The van der Waals surface area contributed by atoms with Gasteiger partial charge in [-0.25, -0.2) is 4.98 Å². The molecule has 19 heavy (non-hydrogen) atoms. The molecule has 0 aliphatic heterocycles. The molecule has 1 heterocycles. The van der Waals surface area contributed by atoms with Crippen LogP contribution in [0.5, 0.6) is 0 Å². The van der Waals surface area contributed by atoms with Gasteiger partial charge in [-0.05, 0) is 32.0 Å². The predicted molar refractivity (Wildman–Crippen MR) is 76.7 cm³/mol. The lowest BCUT2D eigenvalue weighted by molar-refractivity contribution is -0.126. The Morgan fingerprint density at radius 3 is 2.79 bits per heavy atom. The first-order chi connectivity index (χ1) is 8.81. The summed E-state index contributed by atoms with van der Waals surface area (Å²) >= 11 is 3.33. The van der Waals surface area contributed by atoms with E-state index in [1.807, 2.05) is 6.07 Å². The zero-order chi connectivity index (χ0) is 14.2. The van der Waals surface area contributed by atoms with Gasteiger partial charge in [0.05, 0.1) is 22.6 Å². The normalized spacial score (nSPS) is 11.7. The highest BCUT2D eigenvalue weighted by Crippen LogP contribution is 2.18. The van der Waals surface area contributed by atoms with Gasteiger partial charge in [0.25, 0.3) is 5.56 Å². The highest BCUT2D eigenvalue weighted by Gasteiger charge is 2.26. The van der Waals surface area contributed by atoms with Gasteiger partial charge in [0.2, 0.25) is 5.91 Å². The van der Waals surface area contributed by atoms with Crippen LogP contribution in [0.25, 0.3) is 10.9 Å². The lowest BCUT2D eigenvalue weighted by atomic mass is 9.92. The van der Waals surface area contributed by atoms with Crippen molar-refractivity contribution in [2.75, 3.05) is 0 Å². The van der Waals surface area contributed by atoms with Gasteiger partial charge < -0.3 is 5.73 Å². The number of fused-ring (bicyclic) bond motifs is 1. The Kier molecular flexibility index (Phi) is 3.45. The van der Waals surface area contributed by atoms with E-state index in [1.165, 1.54) is 10.9 Å². The molecule has 0 unspecified atom stereocenters. The van der Waals surface area contributed by atoms with Crippen molar-refractivity contribution in [1.29, 1.82) is 0 Å². The Bertz CT molecular complexity index is 707. The van der Waals surface area contributed by atoms with Gasteiger partial charge in [-0.3, -0.25) is 14.2 Å². The van der Waals surface area contributed by atoms with Gasteiger partial charge in [-0.2, -0.15) is 0 Å². The summed E-state index contributed by atoms with van der Waals surface area (Å²) < 4.78 is 2.23. The van der Waals surface area contributed by atoms with Crippen molar-refractivity contribution < 1.29 is 4.79 Å². The van der Waals surface area contributed by atoms with Crippen molar-refractivity contribution in [3.63, 3.8) is 0 Å². The fraction of sp³-hybridized carbons (Fsp3) is 0.308. The SMILES string of the molecule is CC(C)(Cn1cnc2ccc(Br)cc2c1=O)C(N)=O. The van der Waals surface area contributed by atoms with Gasteiger partial charge in [-0.1, -0.05) is 15.9 Å². The largest absolute Gasteiger partial charge is 0.369 e. The van der Waals surface area contributed by atoms with Crippen LogP contribution in [0.1, 0.15) is 13.8 Å². The van der Waals surface area contributed by atoms with Crippen LogP contribution in [0.4, 0.5) is 0 Å². The lowest BCUT2D eigenvalue weighted by Crippen LogP contribution is -2.38. The standard InChI is InChI=1S/C13H14BrN3O2/c1-13(2,12(15)19)6-17-7-16-10-4-3-8(14)5-9(10)11(17)18/h3-5,7H,6H2,1-2H3,(H2,15,19). The van der Waals surface area contributed by atoms with Gasteiger partial charge in [-0.15, -0.1) is 0 Å². The lowest BCUT2D eigenvalue weighted by Gasteiger charge is -2.21. The van der Waals surface area contributed by atoms with Crippen molar-refractivity contribution in [1.82, 2.24) is 9.55 Å². The number of aromatic nitrogens is 2. The second-order valence-electron chi connectivity index (χ2n) is 5.09. The summed E-state index contributed by atoms with van der Waals surface area (Å²) in [6.07, 6.45) is 1.45. The third-order valence-corrected chi connectivity index (χ3v) is 3.51. The Balaban J connectivity index is 2.55. The van der Waals surface area contributed by atoms with Crippen LogP contribution in [0.2, 0.25) is 0 Å². The molecule has 1 aromatic heterocycles. The molecule has 2 N–H and O–H groups in total. The summed E-state index contributed by atoms with van der Waals surface area (Å²) in [5.41, 5.74) is 4.97. The number of halogens is 1. The minimum atomic E-state index is -0.800. The maximum atomic E-state index is 12.3. The molecule has 0 spiro atoms. The summed E-state index contributed by atoms with van der Waals surface area (Å²) in [5, 5.41) is 0.511. The summed E-state index contributed by atoms with van der Waals surface area (Å²) in [4.78, 5) is 27.9. The van der Waals surface area contributed by atoms with E-state index in [1.54, 1.807) is 26.0 Å². The average molecular weight is 324 g/mol. The van der Waals surface area contributed by atoms with Crippen molar-refractivity contribution in [3.05, 3.63) is 39.4 Å². The first-order valence-corrected chi connectivity index (χ1v) is 6.55. The first-order valence-electron chi connectivity index (χ1n) is 5.76. The molecule has 100 valence electrons. The minimum absolute atomic E-state index is 0.180. The van der Waals surface area contributed by atoms with Crippen molar-refractivity contribution in [2.45, 2.75) is 20.4 Å². The second-order valence-corrected chi connectivity index (χ2v) is 6.00. The van der Waals surface area contributed by atoms with Crippen LogP contribution in [0.3, 0.4) is 0 Å². The maximum Gasteiger partial charge on any atom is 0.261 e. The number of rotatable bonds is 3. The number of hydrogen-bond donors (Lipinski definition) is 1. The van der Waals surface area contributed by atoms with E-state index in [0.29, 0.717) is 10.9 Å². The summed E-state index contributed by atoms with van der Waals surface area (Å²) in [6, 6.07) is 5.31. The molecule has 0 saturated heterocycles. The van der Waals surface area contributed by atoms with Crippen LogP contribution < -0.4 is 11.3 Å². The Morgan fingerprint density at radius 1 is 1.47 bits per heavy atom. The molecule has 0 aliphatic rings. The molecule has 0 bridgehead atoms. The van der Waals surface area contributed by atoms with E-state index in [-0.39, 0.29) is 12.1 Å². The van der Waals surface area contributed by atoms with Gasteiger partial charge in [0.15, 0.2) is 0 Å². The molecule has 0 saturated carbocycles. The number of hydrogen-bond acceptors (Lipinski definition) is 3. The van der Waals surface area contributed by atoms with E-state index in [2.05, 4.69) is 20.9 Å². The third-order valence-electron chi connectivity index (χ3n) is 3.02. The van der Waals surface area contributed by atoms with Crippen molar-refractivity contribution in [2.24, 2.45) is 11.1 Å². The van der Waals surface area contributed by atoms with Gasteiger partial charge in [0, 0.05) is 11.0 Å². The molecule has 5 nitrogen and oxygen atoms in total. The maximum absolute atomic E-state index is 12.3. The smallest absolute Gasteiger partial charge is 0.261 e. The van der Waals surface area contributed by atoms with Crippen LogP contribution in [-0.2, 0) is 11.3 Å². The fourth-order valence-corrected chi connectivity index (χ4v) is 2.11. The first kappa shape index (κ1) is 13.7. The van der Waals surface area contributed by atoms with Crippen molar-refractivity contribution in [3.8, 4) is 0 Å². The number of carbonyl (C=O) groups is 1. The molecule has 0 aliphatic carbocycles. The van der Waals surface area contributed by atoms with Crippen LogP contribution in [0, 0.1) is 5.41 Å². The molecule has 2 aromatic rings. The third kappa shape index (κ3) is 2.68. The predicted octanol–water partition coefficient (Wildman–Crippen LogP) is 1.67. The van der Waals surface area contributed by atoms with Gasteiger partial charge >= 0.3 is 0 Å². The van der Waals surface area contributed by atoms with E-state index >= 15 is 0 Å².